The van der Waals surface area contributed by atoms with Crippen molar-refractivity contribution in [1.82, 2.24) is 5.32 Å². The Morgan fingerprint density at radius 2 is 2.21 bits per heavy atom. The van der Waals surface area contributed by atoms with Gasteiger partial charge in [-0.25, -0.2) is 0 Å². The minimum Gasteiger partial charge on any atom is -0.352 e. The molecule has 0 spiro atoms. The first kappa shape index (κ1) is 15.3. The number of hydrogen-bond donors (Lipinski definition) is 2. The molecule has 0 aromatic heterocycles. The molecule has 0 saturated heterocycles. The van der Waals surface area contributed by atoms with Crippen LogP contribution in [0.1, 0.15) is 37.8 Å². The first-order valence-electron chi connectivity index (χ1n) is 6.66. The summed E-state index contributed by atoms with van der Waals surface area (Å²) in [5.41, 5.74) is 7.33. The molecule has 1 rings (SSSR count). The lowest BCUT2D eigenvalue weighted by atomic mass is 10.1. The Morgan fingerprint density at radius 1 is 1.42 bits per heavy atom. The summed E-state index contributed by atoms with van der Waals surface area (Å²) in [7, 11) is 0. The van der Waals surface area contributed by atoms with Crippen molar-refractivity contribution in [2.75, 3.05) is 6.54 Å². The fourth-order valence-corrected chi connectivity index (χ4v) is 1.62. The van der Waals surface area contributed by atoms with Crippen LogP contribution in [-0.2, 0) is 11.3 Å². The quantitative estimate of drug-likeness (QED) is 0.794. The molecular formula is C16H22N2O. The maximum atomic E-state index is 11.6. The summed E-state index contributed by atoms with van der Waals surface area (Å²) in [6.45, 7) is 5.14. The van der Waals surface area contributed by atoms with Gasteiger partial charge in [-0.05, 0) is 30.0 Å². The summed E-state index contributed by atoms with van der Waals surface area (Å²) in [4.78, 5) is 11.6. The monoisotopic (exact) mass is 258 g/mol. The van der Waals surface area contributed by atoms with Crippen LogP contribution < -0.4 is 11.1 Å². The highest BCUT2D eigenvalue weighted by atomic mass is 16.1. The van der Waals surface area contributed by atoms with E-state index in [1.165, 1.54) is 0 Å². The lowest BCUT2D eigenvalue weighted by Gasteiger charge is -2.07. The molecular weight excluding hydrogens is 236 g/mol. The fraction of sp³-hybridized carbons (Fsp3) is 0.438. The Labute approximate surface area is 115 Å². The van der Waals surface area contributed by atoms with Crippen molar-refractivity contribution in [2.24, 2.45) is 11.7 Å². The molecule has 0 atom stereocenters. The minimum absolute atomic E-state index is 0.104. The van der Waals surface area contributed by atoms with Crippen LogP contribution in [0.4, 0.5) is 0 Å². The zero-order valence-electron chi connectivity index (χ0n) is 11.7. The van der Waals surface area contributed by atoms with E-state index in [0.29, 0.717) is 25.4 Å². The Kier molecular flexibility index (Phi) is 6.70. The molecule has 1 amide bonds. The molecule has 3 heteroatoms. The van der Waals surface area contributed by atoms with Gasteiger partial charge in [-0.15, -0.1) is 0 Å². The number of hydrogen-bond acceptors (Lipinski definition) is 2. The molecule has 3 nitrogen and oxygen atoms in total. The van der Waals surface area contributed by atoms with Crippen LogP contribution in [0.5, 0.6) is 0 Å². The van der Waals surface area contributed by atoms with Gasteiger partial charge in [-0.3, -0.25) is 4.79 Å². The van der Waals surface area contributed by atoms with Gasteiger partial charge in [0.1, 0.15) is 0 Å². The summed E-state index contributed by atoms with van der Waals surface area (Å²) in [5, 5.41) is 2.93. The summed E-state index contributed by atoms with van der Waals surface area (Å²) in [6, 6.07) is 7.84. The van der Waals surface area contributed by atoms with Gasteiger partial charge in [-0.2, -0.15) is 0 Å². The molecule has 102 valence electrons. The Balaban J connectivity index is 2.47. The van der Waals surface area contributed by atoms with Gasteiger partial charge in [0.05, 0.1) is 6.54 Å². The second kappa shape index (κ2) is 8.34. The van der Waals surface area contributed by atoms with Crippen LogP contribution in [0, 0.1) is 17.8 Å². The number of nitrogens with two attached hydrogens (primary N) is 1. The molecule has 1 aromatic carbocycles. The third-order valence-electron chi connectivity index (χ3n) is 2.70. The van der Waals surface area contributed by atoms with E-state index in [1.807, 2.05) is 24.3 Å². The van der Waals surface area contributed by atoms with Gasteiger partial charge in [0.15, 0.2) is 0 Å². The van der Waals surface area contributed by atoms with Crippen molar-refractivity contribution in [3.63, 3.8) is 0 Å². The summed E-state index contributed by atoms with van der Waals surface area (Å²) in [5.74, 6) is 6.46. The lowest BCUT2D eigenvalue weighted by Crippen LogP contribution is -2.22. The number of carbonyl (C=O) groups is 1. The van der Waals surface area contributed by atoms with Crippen LogP contribution in [0.3, 0.4) is 0 Å². The zero-order chi connectivity index (χ0) is 14.1. The molecule has 1 aromatic rings. The van der Waals surface area contributed by atoms with E-state index in [4.69, 9.17) is 5.73 Å². The third kappa shape index (κ3) is 6.64. The Morgan fingerprint density at radius 3 is 2.89 bits per heavy atom. The molecule has 0 heterocycles. The molecule has 0 unspecified atom stereocenters. The van der Waals surface area contributed by atoms with Gasteiger partial charge < -0.3 is 11.1 Å². The highest BCUT2D eigenvalue weighted by Crippen LogP contribution is 2.05. The van der Waals surface area contributed by atoms with Crippen molar-refractivity contribution in [1.29, 1.82) is 0 Å². The standard InChI is InChI=1S/C16H22N2O/c1-13(2)8-9-16(19)18-12-15-6-3-5-14(11-15)7-4-10-17/h3,5-6,11,13H,8-10,12,17H2,1-2H3,(H,18,19). The van der Waals surface area contributed by atoms with Crippen LogP contribution in [0.15, 0.2) is 24.3 Å². The second-order valence-electron chi connectivity index (χ2n) is 4.92. The van der Waals surface area contributed by atoms with Gasteiger partial charge in [0.2, 0.25) is 5.91 Å². The molecule has 0 aliphatic carbocycles. The normalized spacial score (nSPS) is 9.89. The number of nitrogens with one attached hydrogen (secondary N) is 1. The van der Waals surface area contributed by atoms with Crippen LogP contribution in [0.2, 0.25) is 0 Å². The number of carbonyl (C=O) groups excluding carboxylic acids is 1. The predicted molar refractivity (Wildman–Crippen MR) is 78.3 cm³/mol. The molecule has 19 heavy (non-hydrogen) atoms. The van der Waals surface area contributed by atoms with E-state index in [2.05, 4.69) is 31.0 Å². The van der Waals surface area contributed by atoms with Crippen molar-refractivity contribution in [3.05, 3.63) is 35.4 Å². The second-order valence-corrected chi connectivity index (χ2v) is 4.92. The van der Waals surface area contributed by atoms with Gasteiger partial charge in [0, 0.05) is 18.5 Å². The number of rotatable bonds is 5. The molecule has 0 fully saturated rings. The van der Waals surface area contributed by atoms with E-state index in [1.54, 1.807) is 0 Å². The molecule has 0 radical (unpaired) electrons. The highest BCUT2D eigenvalue weighted by molar-refractivity contribution is 5.75. The van der Waals surface area contributed by atoms with Crippen molar-refractivity contribution in [2.45, 2.75) is 33.2 Å². The zero-order valence-corrected chi connectivity index (χ0v) is 11.7. The maximum absolute atomic E-state index is 11.6. The maximum Gasteiger partial charge on any atom is 0.220 e. The third-order valence-corrected chi connectivity index (χ3v) is 2.70. The first-order chi connectivity index (χ1) is 9.11. The van der Waals surface area contributed by atoms with Crippen LogP contribution in [-0.4, -0.2) is 12.5 Å². The number of benzene rings is 1. The summed E-state index contributed by atoms with van der Waals surface area (Å²) >= 11 is 0. The van der Waals surface area contributed by atoms with Crippen molar-refractivity contribution < 1.29 is 4.79 Å². The van der Waals surface area contributed by atoms with E-state index in [0.717, 1.165) is 17.5 Å². The topological polar surface area (TPSA) is 55.1 Å². The molecule has 0 aliphatic heterocycles. The summed E-state index contributed by atoms with van der Waals surface area (Å²) in [6.07, 6.45) is 1.51. The van der Waals surface area contributed by atoms with E-state index in [9.17, 15) is 4.79 Å². The van der Waals surface area contributed by atoms with Gasteiger partial charge in [0.25, 0.3) is 0 Å². The average Bonchev–Trinajstić information content (AvgIpc) is 2.41. The number of amides is 1. The molecule has 3 N–H and O–H groups in total. The SMILES string of the molecule is CC(C)CCC(=O)NCc1cccc(C#CCN)c1. The Bertz CT molecular complexity index is 469. The van der Waals surface area contributed by atoms with E-state index in [-0.39, 0.29) is 5.91 Å². The molecule has 0 bridgehead atoms. The largest absolute Gasteiger partial charge is 0.352 e. The fourth-order valence-electron chi connectivity index (χ4n) is 1.62. The van der Waals surface area contributed by atoms with Gasteiger partial charge >= 0.3 is 0 Å². The first-order valence-corrected chi connectivity index (χ1v) is 6.66. The van der Waals surface area contributed by atoms with E-state index < -0.39 is 0 Å². The van der Waals surface area contributed by atoms with E-state index >= 15 is 0 Å². The van der Waals surface area contributed by atoms with Crippen molar-refractivity contribution in [3.8, 4) is 11.8 Å². The molecule has 0 saturated carbocycles. The van der Waals surface area contributed by atoms with Crippen LogP contribution in [0.25, 0.3) is 0 Å². The highest BCUT2D eigenvalue weighted by Gasteiger charge is 2.03. The van der Waals surface area contributed by atoms with Gasteiger partial charge in [-0.1, -0.05) is 37.8 Å². The lowest BCUT2D eigenvalue weighted by molar-refractivity contribution is -0.121. The summed E-state index contributed by atoms with van der Waals surface area (Å²) < 4.78 is 0. The van der Waals surface area contributed by atoms with Crippen LogP contribution >= 0.6 is 0 Å². The predicted octanol–water partition coefficient (Wildman–Crippen LogP) is 2.05. The smallest absolute Gasteiger partial charge is 0.220 e. The Hall–Kier alpha value is -1.79. The minimum atomic E-state index is 0.104. The average molecular weight is 258 g/mol. The van der Waals surface area contributed by atoms with Crippen molar-refractivity contribution >= 4 is 5.91 Å². The molecule has 0 aliphatic rings.